The lowest BCUT2D eigenvalue weighted by Gasteiger charge is -2.25. The summed E-state index contributed by atoms with van der Waals surface area (Å²) in [5, 5.41) is 0. The zero-order chi connectivity index (χ0) is 15.4. The molecule has 0 aliphatic carbocycles. The highest BCUT2D eigenvalue weighted by molar-refractivity contribution is 5.77. The summed E-state index contributed by atoms with van der Waals surface area (Å²) < 4.78 is 13.4. The second kappa shape index (κ2) is 6.73. The number of rotatable bonds is 4. The van der Waals surface area contributed by atoms with Crippen LogP contribution in [0.3, 0.4) is 0 Å². The van der Waals surface area contributed by atoms with Crippen LogP contribution < -0.4 is 0 Å². The predicted octanol–water partition coefficient (Wildman–Crippen LogP) is 4.12. The maximum Gasteiger partial charge on any atom is 0.223 e. The molecule has 0 saturated carbocycles. The normalized spacial score (nSPS) is 17.7. The molecular formula is C19H20FNO. The van der Waals surface area contributed by atoms with Gasteiger partial charge in [-0.15, -0.1) is 0 Å². The minimum Gasteiger partial charge on any atom is -0.336 e. The average molecular weight is 297 g/mol. The van der Waals surface area contributed by atoms with Crippen LogP contribution in [-0.4, -0.2) is 17.4 Å². The highest BCUT2D eigenvalue weighted by Crippen LogP contribution is 2.32. The summed E-state index contributed by atoms with van der Waals surface area (Å²) in [6, 6.07) is 16.7. The van der Waals surface area contributed by atoms with E-state index in [1.54, 1.807) is 12.1 Å². The average Bonchev–Trinajstić information content (AvgIpc) is 3.03. The van der Waals surface area contributed by atoms with Crippen LogP contribution in [0.15, 0.2) is 54.6 Å². The number of amides is 1. The first-order valence-corrected chi connectivity index (χ1v) is 7.83. The first-order valence-electron chi connectivity index (χ1n) is 7.83. The molecule has 1 atom stereocenters. The van der Waals surface area contributed by atoms with Crippen LogP contribution in [0.2, 0.25) is 0 Å². The van der Waals surface area contributed by atoms with E-state index in [1.165, 1.54) is 11.6 Å². The highest BCUT2D eigenvalue weighted by atomic mass is 19.1. The second-order valence-corrected chi connectivity index (χ2v) is 5.79. The second-order valence-electron chi connectivity index (χ2n) is 5.79. The van der Waals surface area contributed by atoms with Crippen LogP contribution >= 0.6 is 0 Å². The van der Waals surface area contributed by atoms with Gasteiger partial charge in [0.05, 0.1) is 6.04 Å². The number of nitrogens with zero attached hydrogens (tertiary/aromatic N) is 1. The molecule has 22 heavy (non-hydrogen) atoms. The minimum absolute atomic E-state index is 0.0268. The summed E-state index contributed by atoms with van der Waals surface area (Å²) in [5.74, 6) is -0.0725. The summed E-state index contributed by atoms with van der Waals surface area (Å²) in [6.07, 6.45) is 3.17. The van der Waals surface area contributed by atoms with Gasteiger partial charge in [0, 0.05) is 13.0 Å². The van der Waals surface area contributed by atoms with Crippen LogP contribution in [0.4, 0.5) is 4.39 Å². The van der Waals surface area contributed by atoms with E-state index in [-0.39, 0.29) is 17.8 Å². The fourth-order valence-corrected chi connectivity index (χ4v) is 3.17. The van der Waals surface area contributed by atoms with Gasteiger partial charge in [-0.25, -0.2) is 4.39 Å². The summed E-state index contributed by atoms with van der Waals surface area (Å²) in [6.45, 7) is 0.773. The molecule has 1 heterocycles. The molecule has 114 valence electrons. The van der Waals surface area contributed by atoms with Gasteiger partial charge in [-0.1, -0.05) is 42.5 Å². The van der Waals surface area contributed by atoms with Crippen molar-refractivity contribution in [1.82, 2.24) is 4.90 Å². The number of benzene rings is 2. The van der Waals surface area contributed by atoms with Gasteiger partial charge in [0.25, 0.3) is 0 Å². The Kier molecular flexibility index (Phi) is 4.52. The van der Waals surface area contributed by atoms with Crippen molar-refractivity contribution >= 4 is 5.91 Å². The van der Waals surface area contributed by atoms with Crippen molar-refractivity contribution in [3.05, 3.63) is 71.5 Å². The fourth-order valence-electron chi connectivity index (χ4n) is 3.17. The molecule has 2 aromatic carbocycles. The Balaban J connectivity index is 1.66. The van der Waals surface area contributed by atoms with Crippen LogP contribution in [-0.2, 0) is 11.2 Å². The van der Waals surface area contributed by atoms with Crippen molar-refractivity contribution in [2.75, 3.05) is 6.54 Å². The van der Waals surface area contributed by atoms with E-state index in [1.807, 2.05) is 41.3 Å². The van der Waals surface area contributed by atoms with Crippen molar-refractivity contribution < 1.29 is 9.18 Å². The molecule has 0 N–H and O–H groups in total. The van der Waals surface area contributed by atoms with Crippen molar-refractivity contribution in [3.8, 4) is 0 Å². The molecule has 0 bridgehead atoms. The third-order valence-electron chi connectivity index (χ3n) is 4.28. The molecule has 0 unspecified atom stereocenters. The lowest BCUT2D eigenvalue weighted by atomic mass is 10.0. The molecule has 3 heteroatoms. The van der Waals surface area contributed by atoms with Crippen molar-refractivity contribution in [2.45, 2.75) is 31.7 Å². The van der Waals surface area contributed by atoms with E-state index < -0.39 is 0 Å². The van der Waals surface area contributed by atoms with E-state index in [0.29, 0.717) is 6.42 Å². The summed E-state index contributed by atoms with van der Waals surface area (Å²) in [4.78, 5) is 14.4. The first-order chi connectivity index (χ1) is 10.7. The number of carbonyl (C=O) groups excluding carboxylic acids is 1. The Labute approximate surface area is 130 Å². The molecule has 1 aliphatic heterocycles. The number of carbonyl (C=O) groups is 1. The maximum atomic E-state index is 13.4. The number of likely N-dealkylation sites (tertiary alicyclic amines) is 1. The summed E-state index contributed by atoms with van der Waals surface area (Å²) >= 11 is 0. The molecular weight excluding hydrogens is 277 g/mol. The molecule has 0 aromatic heterocycles. The van der Waals surface area contributed by atoms with Gasteiger partial charge in [0.15, 0.2) is 0 Å². The highest BCUT2D eigenvalue weighted by Gasteiger charge is 2.29. The lowest BCUT2D eigenvalue weighted by molar-refractivity contribution is -0.132. The van der Waals surface area contributed by atoms with Gasteiger partial charge in [0.1, 0.15) is 5.82 Å². The van der Waals surface area contributed by atoms with E-state index in [9.17, 15) is 9.18 Å². The van der Waals surface area contributed by atoms with Crippen LogP contribution in [0.25, 0.3) is 0 Å². The molecule has 1 aliphatic rings. The van der Waals surface area contributed by atoms with Gasteiger partial charge in [0.2, 0.25) is 5.91 Å². The Morgan fingerprint density at radius 2 is 1.95 bits per heavy atom. The molecule has 1 fully saturated rings. The molecule has 0 radical (unpaired) electrons. The molecule has 0 spiro atoms. The Morgan fingerprint density at radius 3 is 2.73 bits per heavy atom. The third-order valence-corrected chi connectivity index (χ3v) is 4.28. The molecule has 2 aromatic rings. The van der Waals surface area contributed by atoms with Gasteiger partial charge >= 0.3 is 0 Å². The molecule has 1 amide bonds. The topological polar surface area (TPSA) is 20.3 Å². The van der Waals surface area contributed by atoms with Crippen molar-refractivity contribution in [2.24, 2.45) is 0 Å². The smallest absolute Gasteiger partial charge is 0.223 e. The zero-order valence-electron chi connectivity index (χ0n) is 12.5. The van der Waals surface area contributed by atoms with Gasteiger partial charge in [-0.2, -0.15) is 0 Å². The molecule has 2 nitrogen and oxygen atoms in total. The first kappa shape index (κ1) is 14.8. The quantitative estimate of drug-likeness (QED) is 0.831. The third kappa shape index (κ3) is 3.35. The maximum absolute atomic E-state index is 13.4. The van der Waals surface area contributed by atoms with Crippen molar-refractivity contribution in [1.29, 1.82) is 0 Å². The van der Waals surface area contributed by atoms with E-state index in [0.717, 1.165) is 31.4 Å². The molecule has 1 saturated heterocycles. The van der Waals surface area contributed by atoms with Crippen molar-refractivity contribution in [3.63, 3.8) is 0 Å². The van der Waals surface area contributed by atoms with E-state index in [4.69, 9.17) is 0 Å². The monoisotopic (exact) mass is 297 g/mol. The van der Waals surface area contributed by atoms with Crippen LogP contribution in [0.5, 0.6) is 0 Å². The summed E-state index contributed by atoms with van der Waals surface area (Å²) in [7, 11) is 0. The van der Waals surface area contributed by atoms with Crippen LogP contribution in [0, 0.1) is 5.82 Å². The summed E-state index contributed by atoms with van der Waals surface area (Å²) in [5.41, 5.74) is 2.09. The Bertz CT molecular complexity index is 641. The Hall–Kier alpha value is -2.16. The number of hydrogen-bond donors (Lipinski definition) is 0. The SMILES string of the molecule is O=C(CCc1ccccc1)N1CCC[C@H]1c1cccc(F)c1. The predicted molar refractivity (Wildman–Crippen MR) is 84.9 cm³/mol. The standard InChI is InChI=1S/C19H20FNO/c20-17-9-4-8-16(14-17)18-10-5-13-21(18)19(22)12-11-15-6-2-1-3-7-15/h1-4,6-9,14,18H,5,10-13H2/t18-/m0/s1. The lowest BCUT2D eigenvalue weighted by Crippen LogP contribution is -2.30. The fraction of sp³-hybridized carbons (Fsp3) is 0.316. The van der Waals surface area contributed by atoms with Gasteiger partial charge < -0.3 is 4.90 Å². The number of hydrogen-bond acceptors (Lipinski definition) is 1. The minimum atomic E-state index is -0.235. The van der Waals surface area contributed by atoms with Gasteiger partial charge in [-0.3, -0.25) is 4.79 Å². The van der Waals surface area contributed by atoms with Gasteiger partial charge in [-0.05, 0) is 42.5 Å². The number of halogens is 1. The Morgan fingerprint density at radius 1 is 1.14 bits per heavy atom. The zero-order valence-corrected chi connectivity index (χ0v) is 12.5. The molecule has 3 rings (SSSR count). The van der Waals surface area contributed by atoms with E-state index in [2.05, 4.69) is 0 Å². The van der Waals surface area contributed by atoms with Crippen LogP contribution in [0.1, 0.15) is 36.4 Å². The number of aryl methyl sites for hydroxylation is 1. The largest absolute Gasteiger partial charge is 0.336 e. The van der Waals surface area contributed by atoms with E-state index >= 15 is 0 Å².